The lowest BCUT2D eigenvalue weighted by molar-refractivity contribution is 1.25. The molecule has 7 aromatic carbocycles. The minimum absolute atomic E-state index is 1.15. The molecule has 0 aromatic heterocycles. The fourth-order valence-corrected chi connectivity index (χ4v) is 6.93. The Bertz CT molecular complexity index is 2280. The number of benzene rings is 7. The number of aryl methyl sites for hydroxylation is 6. The molecule has 2 heteroatoms. The topological polar surface area (TPSA) is 6.48 Å². The van der Waals surface area contributed by atoms with Crippen molar-refractivity contribution in [3.05, 3.63) is 213 Å². The lowest BCUT2D eigenvalue weighted by Crippen LogP contribution is -2.10. The van der Waals surface area contributed by atoms with E-state index in [4.69, 9.17) is 0 Å². The van der Waals surface area contributed by atoms with Gasteiger partial charge in [0, 0.05) is 34.1 Å². The molecule has 54 heavy (non-hydrogen) atoms. The smallest absolute Gasteiger partial charge is 0.0464 e. The van der Waals surface area contributed by atoms with Gasteiger partial charge in [0.2, 0.25) is 0 Å². The first-order chi connectivity index (χ1) is 26.2. The van der Waals surface area contributed by atoms with Crippen LogP contribution in [0.1, 0.15) is 55.6 Å². The van der Waals surface area contributed by atoms with Crippen molar-refractivity contribution in [1.29, 1.82) is 0 Å². The normalized spacial score (nSPS) is 11.4. The SMILES string of the molecule is Cc1ccc(N(c2cccc(C)c2)c2ccc(C=Cc3cccc(C=Cc4ccc(N(c5ccc(C)cc5)c5cccc(C)c5)cc4C)c3)c(C)c2)cc1. The molecule has 0 atom stereocenters. The molecule has 0 aliphatic heterocycles. The molecule has 0 saturated heterocycles. The van der Waals surface area contributed by atoms with Crippen LogP contribution < -0.4 is 9.80 Å². The molecule has 0 fully saturated rings. The Labute approximate surface area is 322 Å². The van der Waals surface area contributed by atoms with Gasteiger partial charge in [0.15, 0.2) is 0 Å². The van der Waals surface area contributed by atoms with Gasteiger partial charge in [0.05, 0.1) is 0 Å². The van der Waals surface area contributed by atoms with Gasteiger partial charge in [-0.25, -0.2) is 0 Å². The van der Waals surface area contributed by atoms with E-state index in [0.29, 0.717) is 0 Å². The molecular formula is C52H48N2. The number of rotatable bonds is 10. The van der Waals surface area contributed by atoms with Gasteiger partial charge in [-0.15, -0.1) is 0 Å². The third-order valence-corrected chi connectivity index (χ3v) is 9.95. The molecule has 0 saturated carbocycles. The quantitative estimate of drug-likeness (QED) is 0.131. The first-order valence-electron chi connectivity index (χ1n) is 18.7. The molecule has 266 valence electrons. The van der Waals surface area contributed by atoms with Crippen LogP contribution in [-0.4, -0.2) is 0 Å². The monoisotopic (exact) mass is 700 g/mol. The van der Waals surface area contributed by atoms with Crippen LogP contribution in [0.2, 0.25) is 0 Å². The van der Waals surface area contributed by atoms with E-state index >= 15 is 0 Å². The van der Waals surface area contributed by atoms with Crippen LogP contribution in [0.4, 0.5) is 34.1 Å². The first kappa shape index (κ1) is 36.0. The fourth-order valence-electron chi connectivity index (χ4n) is 6.93. The van der Waals surface area contributed by atoms with Crippen LogP contribution >= 0.6 is 0 Å². The molecular weight excluding hydrogens is 653 g/mol. The summed E-state index contributed by atoms with van der Waals surface area (Å²) >= 11 is 0. The Balaban J connectivity index is 1.10. The summed E-state index contributed by atoms with van der Waals surface area (Å²) in [5.74, 6) is 0. The molecule has 0 radical (unpaired) electrons. The van der Waals surface area contributed by atoms with Crippen molar-refractivity contribution in [2.75, 3.05) is 9.80 Å². The fraction of sp³-hybridized carbons (Fsp3) is 0.115. The zero-order valence-corrected chi connectivity index (χ0v) is 32.2. The Kier molecular flexibility index (Phi) is 10.7. The Morgan fingerprint density at radius 2 is 0.667 bits per heavy atom. The molecule has 2 nitrogen and oxygen atoms in total. The summed E-state index contributed by atoms with van der Waals surface area (Å²) in [7, 11) is 0. The van der Waals surface area contributed by atoms with Gasteiger partial charge in [0.1, 0.15) is 0 Å². The highest BCUT2D eigenvalue weighted by Crippen LogP contribution is 2.38. The lowest BCUT2D eigenvalue weighted by atomic mass is 10.0. The summed E-state index contributed by atoms with van der Waals surface area (Å²) in [4.78, 5) is 4.67. The molecule has 0 amide bonds. The van der Waals surface area contributed by atoms with Gasteiger partial charge in [-0.2, -0.15) is 0 Å². The predicted molar refractivity (Wildman–Crippen MR) is 235 cm³/mol. The average Bonchev–Trinajstić information content (AvgIpc) is 3.16. The van der Waals surface area contributed by atoms with Crippen molar-refractivity contribution in [2.24, 2.45) is 0 Å². The summed E-state index contributed by atoms with van der Waals surface area (Å²) in [6.45, 7) is 12.9. The van der Waals surface area contributed by atoms with Gasteiger partial charge in [-0.3, -0.25) is 0 Å². The zero-order chi connectivity index (χ0) is 37.6. The van der Waals surface area contributed by atoms with E-state index in [2.05, 4.69) is 233 Å². The minimum atomic E-state index is 1.15. The maximum absolute atomic E-state index is 2.34. The molecule has 0 heterocycles. The molecule has 0 spiro atoms. The molecule has 7 aromatic rings. The van der Waals surface area contributed by atoms with Gasteiger partial charge >= 0.3 is 0 Å². The van der Waals surface area contributed by atoms with E-state index < -0.39 is 0 Å². The van der Waals surface area contributed by atoms with Crippen molar-refractivity contribution in [2.45, 2.75) is 41.5 Å². The van der Waals surface area contributed by atoms with Gasteiger partial charge in [-0.1, -0.05) is 114 Å². The predicted octanol–water partition coefficient (Wildman–Crippen LogP) is 14.8. The summed E-state index contributed by atoms with van der Waals surface area (Å²) in [5.41, 5.74) is 19.1. The molecule has 0 aliphatic rings. The highest BCUT2D eigenvalue weighted by molar-refractivity contribution is 5.82. The standard InChI is InChI=1S/C52H48N2/c1-37-16-26-47(27-17-37)53(49-14-7-10-39(3)32-49)51-30-24-45(41(5)34-51)22-20-43-12-9-13-44(36-43)21-23-46-25-31-52(35-42(46)6)54(48-28-18-38(2)19-29-48)50-15-8-11-40(4)33-50/h7-36H,1-6H3. The zero-order valence-electron chi connectivity index (χ0n) is 32.2. The van der Waals surface area contributed by atoms with Crippen molar-refractivity contribution < 1.29 is 0 Å². The average molecular weight is 701 g/mol. The van der Waals surface area contributed by atoms with E-state index in [9.17, 15) is 0 Å². The van der Waals surface area contributed by atoms with Crippen LogP contribution in [-0.2, 0) is 0 Å². The minimum Gasteiger partial charge on any atom is -0.310 e. The van der Waals surface area contributed by atoms with Crippen LogP contribution in [0.25, 0.3) is 24.3 Å². The third kappa shape index (κ3) is 8.46. The van der Waals surface area contributed by atoms with E-state index in [-0.39, 0.29) is 0 Å². The van der Waals surface area contributed by atoms with Crippen molar-refractivity contribution in [1.82, 2.24) is 0 Å². The maximum atomic E-state index is 2.34. The highest BCUT2D eigenvalue weighted by atomic mass is 15.1. The second-order valence-corrected chi connectivity index (χ2v) is 14.4. The van der Waals surface area contributed by atoms with Crippen LogP contribution in [0, 0.1) is 41.5 Å². The summed E-state index contributed by atoms with van der Waals surface area (Å²) in [6.07, 6.45) is 8.87. The van der Waals surface area contributed by atoms with E-state index in [1.165, 1.54) is 55.6 Å². The van der Waals surface area contributed by atoms with Gasteiger partial charge in [-0.05, 0) is 165 Å². The van der Waals surface area contributed by atoms with Crippen molar-refractivity contribution in [3.63, 3.8) is 0 Å². The largest absolute Gasteiger partial charge is 0.310 e. The number of anilines is 6. The summed E-state index contributed by atoms with van der Waals surface area (Å²) in [6, 6.07) is 57.1. The molecule has 7 rings (SSSR count). The highest BCUT2D eigenvalue weighted by Gasteiger charge is 2.15. The Morgan fingerprint density at radius 1 is 0.296 bits per heavy atom. The molecule has 0 aliphatic carbocycles. The first-order valence-corrected chi connectivity index (χ1v) is 18.7. The molecule has 0 bridgehead atoms. The van der Waals surface area contributed by atoms with E-state index in [1.54, 1.807) is 0 Å². The number of hydrogen-bond acceptors (Lipinski definition) is 2. The number of hydrogen-bond donors (Lipinski definition) is 0. The van der Waals surface area contributed by atoms with E-state index in [0.717, 1.165) is 34.1 Å². The van der Waals surface area contributed by atoms with Crippen LogP contribution in [0.15, 0.2) is 158 Å². The van der Waals surface area contributed by atoms with Crippen LogP contribution in [0.5, 0.6) is 0 Å². The molecule has 0 unspecified atom stereocenters. The second-order valence-electron chi connectivity index (χ2n) is 14.4. The third-order valence-electron chi connectivity index (χ3n) is 9.95. The maximum Gasteiger partial charge on any atom is 0.0464 e. The van der Waals surface area contributed by atoms with Crippen molar-refractivity contribution >= 4 is 58.4 Å². The van der Waals surface area contributed by atoms with E-state index in [1.807, 2.05) is 0 Å². The van der Waals surface area contributed by atoms with Gasteiger partial charge < -0.3 is 9.80 Å². The summed E-state index contributed by atoms with van der Waals surface area (Å²) in [5, 5.41) is 0. The Morgan fingerprint density at radius 3 is 1.06 bits per heavy atom. The van der Waals surface area contributed by atoms with Crippen molar-refractivity contribution in [3.8, 4) is 0 Å². The lowest BCUT2D eigenvalue weighted by Gasteiger charge is -2.26. The summed E-state index contributed by atoms with van der Waals surface area (Å²) < 4.78 is 0. The van der Waals surface area contributed by atoms with Crippen LogP contribution in [0.3, 0.4) is 0 Å². The molecule has 0 N–H and O–H groups in total. The second kappa shape index (κ2) is 16.1. The van der Waals surface area contributed by atoms with Gasteiger partial charge in [0.25, 0.3) is 0 Å². The Hall–Kier alpha value is -6.38. The number of nitrogens with zero attached hydrogens (tertiary/aromatic N) is 2.